The van der Waals surface area contributed by atoms with Crippen molar-refractivity contribution in [1.82, 2.24) is 15.1 Å². The number of aryl methyl sites for hydroxylation is 1. The van der Waals surface area contributed by atoms with Crippen LogP contribution in [0.25, 0.3) is 0 Å². The van der Waals surface area contributed by atoms with Gasteiger partial charge in [-0.05, 0) is 38.2 Å². The van der Waals surface area contributed by atoms with Gasteiger partial charge in [0, 0.05) is 18.3 Å². The molecule has 1 amide bonds. The standard InChI is InChI=1S/C16H18N4O3S/c1-3-20-10-12(15(22)23-4-2)13(19-20)17-16(24)18-14(21)11-8-6-5-7-9-11/h5-10H,3-4H2,1-2H3,(H2,17,18,19,21,24). The van der Waals surface area contributed by atoms with Crippen molar-refractivity contribution in [2.24, 2.45) is 0 Å². The van der Waals surface area contributed by atoms with Gasteiger partial charge in [-0.1, -0.05) is 18.2 Å². The summed E-state index contributed by atoms with van der Waals surface area (Å²) in [5.41, 5.74) is 0.737. The molecule has 0 aliphatic heterocycles. The fourth-order valence-corrected chi connectivity index (χ4v) is 2.13. The Kier molecular flexibility index (Phi) is 6.02. The number of hydrogen-bond donors (Lipinski definition) is 2. The Labute approximate surface area is 145 Å². The molecule has 1 heterocycles. The van der Waals surface area contributed by atoms with E-state index in [1.807, 2.05) is 13.0 Å². The van der Waals surface area contributed by atoms with Crippen molar-refractivity contribution in [2.75, 3.05) is 11.9 Å². The van der Waals surface area contributed by atoms with Crippen LogP contribution in [0, 0.1) is 0 Å². The number of carbonyl (C=O) groups is 2. The third kappa shape index (κ3) is 4.39. The number of hydrogen-bond acceptors (Lipinski definition) is 5. The van der Waals surface area contributed by atoms with Crippen molar-refractivity contribution in [3.05, 3.63) is 47.7 Å². The molecule has 7 nitrogen and oxygen atoms in total. The highest BCUT2D eigenvalue weighted by Gasteiger charge is 2.19. The molecule has 0 saturated heterocycles. The van der Waals surface area contributed by atoms with E-state index in [-0.39, 0.29) is 29.0 Å². The number of rotatable bonds is 5. The quantitative estimate of drug-likeness (QED) is 0.638. The van der Waals surface area contributed by atoms with Gasteiger partial charge in [-0.3, -0.25) is 14.8 Å². The first-order chi connectivity index (χ1) is 11.5. The van der Waals surface area contributed by atoms with Crippen LogP contribution >= 0.6 is 12.2 Å². The summed E-state index contributed by atoms with van der Waals surface area (Å²) < 4.78 is 6.58. The lowest BCUT2D eigenvalue weighted by atomic mass is 10.2. The SMILES string of the molecule is CCOC(=O)c1cn(CC)nc1NC(=S)NC(=O)c1ccccc1. The second-order valence-corrected chi connectivity index (χ2v) is 5.15. The molecule has 0 unspecified atom stereocenters. The Balaban J connectivity index is 2.09. The molecule has 0 fully saturated rings. The fraction of sp³-hybridized carbons (Fsp3) is 0.250. The highest BCUT2D eigenvalue weighted by atomic mass is 32.1. The molecule has 0 saturated carbocycles. The maximum atomic E-state index is 12.1. The van der Waals surface area contributed by atoms with Gasteiger partial charge in [0.1, 0.15) is 5.56 Å². The Morgan fingerprint density at radius 1 is 1.25 bits per heavy atom. The van der Waals surface area contributed by atoms with E-state index in [0.717, 1.165) is 0 Å². The largest absolute Gasteiger partial charge is 0.462 e. The van der Waals surface area contributed by atoms with Crippen molar-refractivity contribution in [1.29, 1.82) is 0 Å². The summed E-state index contributed by atoms with van der Waals surface area (Å²) in [6.07, 6.45) is 1.57. The van der Waals surface area contributed by atoms with Crippen LogP contribution < -0.4 is 10.6 Å². The van der Waals surface area contributed by atoms with E-state index in [1.165, 1.54) is 0 Å². The number of aromatic nitrogens is 2. The molecule has 0 radical (unpaired) electrons. The fourth-order valence-electron chi connectivity index (χ4n) is 1.94. The van der Waals surface area contributed by atoms with Crippen LogP contribution in [0.15, 0.2) is 36.5 Å². The molecule has 0 spiro atoms. The second-order valence-electron chi connectivity index (χ2n) is 4.74. The number of benzene rings is 1. The van der Waals surface area contributed by atoms with Crippen LogP contribution in [0.5, 0.6) is 0 Å². The first-order valence-corrected chi connectivity index (χ1v) is 7.88. The zero-order valence-electron chi connectivity index (χ0n) is 13.4. The maximum Gasteiger partial charge on any atom is 0.343 e. The van der Waals surface area contributed by atoms with Crippen molar-refractivity contribution in [3.63, 3.8) is 0 Å². The van der Waals surface area contributed by atoms with Crippen LogP contribution in [0.1, 0.15) is 34.6 Å². The molecular formula is C16H18N4O3S. The first kappa shape index (κ1) is 17.6. The van der Waals surface area contributed by atoms with E-state index < -0.39 is 5.97 Å². The van der Waals surface area contributed by atoms with E-state index in [1.54, 1.807) is 42.1 Å². The summed E-state index contributed by atoms with van der Waals surface area (Å²) in [6.45, 7) is 4.45. The van der Waals surface area contributed by atoms with Gasteiger partial charge in [-0.2, -0.15) is 5.10 Å². The van der Waals surface area contributed by atoms with Crippen molar-refractivity contribution in [3.8, 4) is 0 Å². The summed E-state index contributed by atoms with van der Waals surface area (Å²) in [5.74, 6) is -0.605. The molecule has 1 aromatic carbocycles. The molecular weight excluding hydrogens is 328 g/mol. The van der Waals surface area contributed by atoms with E-state index in [0.29, 0.717) is 12.1 Å². The van der Waals surface area contributed by atoms with Crippen LogP contribution in [-0.2, 0) is 11.3 Å². The Morgan fingerprint density at radius 2 is 1.96 bits per heavy atom. The lowest BCUT2D eigenvalue weighted by molar-refractivity contribution is 0.0527. The number of anilines is 1. The first-order valence-electron chi connectivity index (χ1n) is 7.47. The van der Waals surface area contributed by atoms with Crippen molar-refractivity contribution >= 4 is 35.0 Å². The Morgan fingerprint density at radius 3 is 2.58 bits per heavy atom. The lowest BCUT2D eigenvalue weighted by Crippen LogP contribution is -2.34. The van der Waals surface area contributed by atoms with Gasteiger partial charge in [0.25, 0.3) is 5.91 Å². The molecule has 1 aromatic heterocycles. The van der Waals surface area contributed by atoms with Crippen LogP contribution in [-0.4, -0.2) is 33.4 Å². The molecule has 126 valence electrons. The van der Waals surface area contributed by atoms with Crippen LogP contribution in [0.4, 0.5) is 5.82 Å². The molecule has 24 heavy (non-hydrogen) atoms. The third-order valence-corrected chi connectivity index (χ3v) is 3.28. The van der Waals surface area contributed by atoms with E-state index >= 15 is 0 Å². The normalized spacial score (nSPS) is 10.1. The highest BCUT2D eigenvalue weighted by Crippen LogP contribution is 2.14. The molecule has 2 rings (SSSR count). The minimum Gasteiger partial charge on any atom is -0.462 e. The van der Waals surface area contributed by atoms with Crippen LogP contribution in [0.3, 0.4) is 0 Å². The predicted octanol–water partition coefficient (Wildman–Crippen LogP) is 2.21. The summed E-state index contributed by atoms with van der Waals surface area (Å²) in [7, 11) is 0. The number of ether oxygens (including phenoxy) is 1. The van der Waals surface area contributed by atoms with Gasteiger partial charge in [0.15, 0.2) is 10.9 Å². The molecule has 2 N–H and O–H groups in total. The Hall–Kier alpha value is -2.74. The second kappa shape index (κ2) is 8.21. The topological polar surface area (TPSA) is 85.2 Å². The third-order valence-electron chi connectivity index (χ3n) is 3.08. The Bertz CT molecular complexity index is 743. The average Bonchev–Trinajstić information content (AvgIpc) is 2.98. The number of amides is 1. The number of carbonyl (C=O) groups excluding carboxylic acids is 2. The smallest absolute Gasteiger partial charge is 0.343 e. The summed E-state index contributed by atoms with van der Waals surface area (Å²) in [5, 5.41) is 9.59. The molecule has 0 atom stereocenters. The average molecular weight is 346 g/mol. The minimum absolute atomic E-state index is 0.0516. The molecule has 0 aliphatic carbocycles. The van der Waals surface area contributed by atoms with Gasteiger partial charge in [-0.25, -0.2) is 4.79 Å². The number of esters is 1. The van der Waals surface area contributed by atoms with Gasteiger partial charge in [0.05, 0.1) is 6.61 Å². The van der Waals surface area contributed by atoms with Gasteiger partial charge < -0.3 is 10.1 Å². The highest BCUT2D eigenvalue weighted by molar-refractivity contribution is 7.80. The summed E-state index contributed by atoms with van der Waals surface area (Å²) >= 11 is 5.12. The summed E-state index contributed by atoms with van der Waals surface area (Å²) in [4.78, 5) is 24.0. The monoisotopic (exact) mass is 346 g/mol. The zero-order valence-corrected chi connectivity index (χ0v) is 14.2. The van der Waals surface area contributed by atoms with Crippen molar-refractivity contribution < 1.29 is 14.3 Å². The molecule has 0 bridgehead atoms. The van der Waals surface area contributed by atoms with Gasteiger partial charge >= 0.3 is 5.97 Å². The van der Waals surface area contributed by atoms with Crippen LogP contribution in [0.2, 0.25) is 0 Å². The van der Waals surface area contributed by atoms with E-state index in [9.17, 15) is 9.59 Å². The lowest BCUT2D eigenvalue weighted by Gasteiger charge is -2.09. The van der Waals surface area contributed by atoms with Gasteiger partial charge in [0.2, 0.25) is 0 Å². The zero-order chi connectivity index (χ0) is 17.5. The number of nitrogens with one attached hydrogen (secondary N) is 2. The maximum absolute atomic E-state index is 12.1. The minimum atomic E-state index is -0.503. The summed E-state index contributed by atoms with van der Waals surface area (Å²) in [6, 6.07) is 8.68. The predicted molar refractivity (Wildman–Crippen MR) is 94.0 cm³/mol. The molecule has 2 aromatic rings. The van der Waals surface area contributed by atoms with E-state index in [4.69, 9.17) is 17.0 Å². The van der Waals surface area contributed by atoms with Crippen molar-refractivity contribution in [2.45, 2.75) is 20.4 Å². The number of nitrogens with zero attached hydrogens (tertiary/aromatic N) is 2. The molecule has 8 heteroatoms. The van der Waals surface area contributed by atoms with Gasteiger partial charge in [-0.15, -0.1) is 0 Å². The molecule has 0 aliphatic rings. The number of thiocarbonyl (C=S) groups is 1. The van der Waals surface area contributed by atoms with E-state index in [2.05, 4.69) is 15.7 Å².